The van der Waals surface area contributed by atoms with Crippen molar-refractivity contribution < 1.29 is 14.3 Å². The highest BCUT2D eigenvalue weighted by Gasteiger charge is 2.23. The van der Waals surface area contributed by atoms with Crippen LogP contribution >= 0.6 is 11.8 Å². The third-order valence-electron chi connectivity index (χ3n) is 6.67. The third-order valence-corrected chi connectivity index (χ3v) is 7.75. The number of hydrogen-bond donors (Lipinski definition) is 1. The number of fused-ring (bicyclic) bond motifs is 2. The maximum atomic E-state index is 11.7. The fraction of sp³-hybridized carbons (Fsp3) is 0.423. The Hall–Kier alpha value is -2.88. The summed E-state index contributed by atoms with van der Waals surface area (Å²) in [4.78, 5) is 26.7. The largest absolute Gasteiger partial charge is 0.497 e. The highest BCUT2D eigenvalue weighted by molar-refractivity contribution is 8.00. The van der Waals surface area contributed by atoms with E-state index < -0.39 is 0 Å². The van der Waals surface area contributed by atoms with E-state index in [9.17, 15) is 4.79 Å². The Labute approximate surface area is 210 Å². The second-order valence-corrected chi connectivity index (χ2v) is 10.1. The van der Waals surface area contributed by atoms with Crippen LogP contribution in [0.3, 0.4) is 0 Å². The van der Waals surface area contributed by atoms with E-state index in [4.69, 9.17) is 9.47 Å². The predicted molar refractivity (Wildman–Crippen MR) is 138 cm³/mol. The van der Waals surface area contributed by atoms with Crippen molar-refractivity contribution in [2.75, 3.05) is 51.5 Å². The minimum atomic E-state index is 0.0808. The van der Waals surface area contributed by atoms with Gasteiger partial charge >= 0.3 is 0 Å². The number of nitrogens with one attached hydrogen (secondary N) is 1. The van der Waals surface area contributed by atoms with E-state index in [2.05, 4.69) is 50.3 Å². The lowest BCUT2D eigenvalue weighted by atomic mass is 10.0. The van der Waals surface area contributed by atoms with Crippen LogP contribution in [0.4, 0.5) is 5.69 Å². The molecule has 1 fully saturated rings. The topological polar surface area (TPSA) is 79.8 Å². The van der Waals surface area contributed by atoms with E-state index in [0.29, 0.717) is 24.3 Å². The zero-order valence-corrected chi connectivity index (χ0v) is 21.0. The van der Waals surface area contributed by atoms with Crippen LogP contribution in [0.1, 0.15) is 18.4 Å². The van der Waals surface area contributed by atoms with Crippen LogP contribution in [0, 0.1) is 0 Å². The predicted octanol–water partition coefficient (Wildman–Crippen LogP) is 3.66. The van der Waals surface area contributed by atoms with Gasteiger partial charge in [0, 0.05) is 30.1 Å². The number of likely N-dealkylation sites (tertiary alicyclic amines) is 1. The average Bonchev–Trinajstić information content (AvgIpc) is 2.88. The van der Waals surface area contributed by atoms with Gasteiger partial charge in [-0.3, -0.25) is 14.6 Å². The van der Waals surface area contributed by atoms with Crippen molar-refractivity contribution in [3.63, 3.8) is 0 Å². The molecule has 3 heterocycles. The Bertz CT molecular complexity index is 1200. The molecule has 0 unspecified atom stereocenters. The van der Waals surface area contributed by atoms with Crippen LogP contribution in [0.15, 0.2) is 47.5 Å². The Morgan fingerprint density at radius 1 is 1.17 bits per heavy atom. The maximum Gasteiger partial charge on any atom is 0.234 e. The molecule has 1 N–H and O–H groups in total. The van der Waals surface area contributed by atoms with Crippen LogP contribution in [0.25, 0.3) is 11.0 Å². The van der Waals surface area contributed by atoms with E-state index in [-0.39, 0.29) is 5.91 Å². The molecule has 9 heteroatoms. The SMILES string of the molecule is COc1ccc2ncc(OCCN3CCC(N(C)Cc4ccc5c(c4)NC(=O)CS5)CC3)nc2c1. The van der Waals surface area contributed by atoms with Crippen molar-refractivity contribution in [2.45, 2.75) is 30.3 Å². The van der Waals surface area contributed by atoms with Gasteiger partial charge in [-0.2, -0.15) is 0 Å². The molecule has 2 aliphatic heterocycles. The number of benzene rings is 2. The third kappa shape index (κ3) is 5.86. The van der Waals surface area contributed by atoms with Crippen LogP contribution in [-0.4, -0.2) is 77.9 Å². The van der Waals surface area contributed by atoms with Crippen LogP contribution in [0.2, 0.25) is 0 Å². The number of piperidine rings is 1. The Morgan fingerprint density at radius 3 is 2.86 bits per heavy atom. The minimum absolute atomic E-state index is 0.0808. The standard InChI is InChI=1S/C26H31N5O3S/c1-30(16-18-3-6-24-23(13-18)28-25(32)17-35-24)19-7-9-31(10-8-19)11-12-34-26-15-27-21-5-4-20(33-2)14-22(21)29-26/h3-6,13-15,19H,7-12,16-17H2,1-2H3,(H,28,32). The summed E-state index contributed by atoms with van der Waals surface area (Å²) in [6, 6.07) is 12.6. The first-order valence-electron chi connectivity index (χ1n) is 12.0. The smallest absolute Gasteiger partial charge is 0.234 e. The number of anilines is 1. The molecule has 8 nitrogen and oxygen atoms in total. The van der Waals surface area contributed by atoms with Gasteiger partial charge in [0.15, 0.2) is 0 Å². The summed E-state index contributed by atoms with van der Waals surface area (Å²) in [7, 11) is 3.84. The first-order valence-corrected chi connectivity index (χ1v) is 13.0. The molecular weight excluding hydrogens is 462 g/mol. The highest BCUT2D eigenvalue weighted by Crippen LogP contribution is 2.32. The van der Waals surface area contributed by atoms with Crippen molar-refractivity contribution in [1.82, 2.24) is 19.8 Å². The Balaban J connectivity index is 1.07. The van der Waals surface area contributed by atoms with Crippen LogP contribution in [0.5, 0.6) is 11.6 Å². The van der Waals surface area contributed by atoms with Gasteiger partial charge < -0.3 is 14.8 Å². The van der Waals surface area contributed by atoms with Gasteiger partial charge in [-0.15, -0.1) is 11.8 Å². The molecular formula is C26H31N5O3S. The first kappa shape index (κ1) is 23.8. The molecule has 0 atom stereocenters. The molecule has 1 aromatic heterocycles. The fourth-order valence-corrected chi connectivity index (χ4v) is 5.47. The quantitative estimate of drug-likeness (QED) is 0.509. The molecule has 2 aromatic carbocycles. The van der Waals surface area contributed by atoms with Gasteiger partial charge in [0.05, 0.1) is 35.8 Å². The second-order valence-electron chi connectivity index (χ2n) is 9.07. The summed E-state index contributed by atoms with van der Waals surface area (Å²) in [5, 5.41) is 2.99. The lowest BCUT2D eigenvalue weighted by molar-refractivity contribution is -0.113. The Kier molecular flexibility index (Phi) is 7.36. The molecule has 3 aromatic rings. The molecule has 1 saturated heterocycles. The summed E-state index contributed by atoms with van der Waals surface area (Å²) < 4.78 is 11.2. The zero-order valence-electron chi connectivity index (χ0n) is 20.2. The van der Waals surface area contributed by atoms with Gasteiger partial charge in [0.2, 0.25) is 11.8 Å². The van der Waals surface area contributed by atoms with Crippen molar-refractivity contribution in [2.24, 2.45) is 0 Å². The van der Waals surface area contributed by atoms with E-state index in [1.807, 2.05) is 18.2 Å². The van der Waals surface area contributed by atoms with Gasteiger partial charge in [-0.25, -0.2) is 9.97 Å². The molecule has 0 spiro atoms. The van der Waals surface area contributed by atoms with Gasteiger partial charge in [-0.05, 0) is 62.8 Å². The summed E-state index contributed by atoms with van der Waals surface area (Å²) in [6.45, 7) is 4.44. The maximum absolute atomic E-state index is 11.7. The summed E-state index contributed by atoms with van der Waals surface area (Å²) in [5.41, 5.74) is 3.77. The van der Waals surface area contributed by atoms with Gasteiger partial charge in [-0.1, -0.05) is 6.07 Å². The number of carbonyl (C=O) groups excluding carboxylic acids is 1. The number of amides is 1. The number of aromatic nitrogens is 2. The molecule has 35 heavy (non-hydrogen) atoms. The fourth-order valence-electron chi connectivity index (χ4n) is 4.68. The van der Waals surface area contributed by atoms with Gasteiger partial charge in [0.1, 0.15) is 12.4 Å². The van der Waals surface area contributed by atoms with Crippen molar-refractivity contribution in [1.29, 1.82) is 0 Å². The minimum Gasteiger partial charge on any atom is -0.497 e. The highest BCUT2D eigenvalue weighted by atomic mass is 32.2. The molecule has 0 aliphatic carbocycles. The number of thioether (sulfide) groups is 1. The molecule has 0 saturated carbocycles. The average molecular weight is 494 g/mol. The zero-order chi connectivity index (χ0) is 24.2. The monoisotopic (exact) mass is 493 g/mol. The normalized spacial score (nSPS) is 16.8. The molecule has 5 rings (SSSR count). The van der Waals surface area contributed by atoms with E-state index in [1.165, 1.54) is 5.56 Å². The number of rotatable bonds is 8. The van der Waals surface area contributed by atoms with Crippen molar-refractivity contribution in [3.05, 3.63) is 48.2 Å². The summed E-state index contributed by atoms with van der Waals surface area (Å²) in [5.74, 6) is 1.88. The Morgan fingerprint density at radius 2 is 2.03 bits per heavy atom. The van der Waals surface area contributed by atoms with E-state index in [1.54, 1.807) is 25.1 Å². The van der Waals surface area contributed by atoms with Gasteiger partial charge in [0.25, 0.3) is 0 Å². The molecule has 184 valence electrons. The van der Waals surface area contributed by atoms with Crippen LogP contribution in [-0.2, 0) is 11.3 Å². The molecule has 0 radical (unpaired) electrons. The number of methoxy groups -OCH3 is 1. The van der Waals surface area contributed by atoms with E-state index >= 15 is 0 Å². The summed E-state index contributed by atoms with van der Waals surface area (Å²) >= 11 is 1.61. The number of nitrogens with zero attached hydrogens (tertiary/aromatic N) is 4. The molecule has 0 bridgehead atoms. The molecule has 1 amide bonds. The van der Waals surface area contributed by atoms with Crippen molar-refractivity contribution >= 4 is 34.4 Å². The number of carbonyl (C=O) groups is 1. The lowest BCUT2D eigenvalue weighted by Gasteiger charge is -2.36. The molecule has 2 aliphatic rings. The van der Waals surface area contributed by atoms with Crippen molar-refractivity contribution in [3.8, 4) is 11.6 Å². The first-order chi connectivity index (χ1) is 17.1. The summed E-state index contributed by atoms with van der Waals surface area (Å²) in [6.07, 6.45) is 3.94. The lowest BCUT2D eigenvalue weighted by Crippen LogP contribution is -2.44. The second kappa shape index (κ2) is 10.8. The number of hydrogen-bond acceptors (Lipinski definition) is 8. The van der Waals surface area contributed by atoms with E-state index in [0.717, 1.165) is 66.4 Å². The number of ether oxygens (including phenoxy) is 2. The van der Waals surface area contributed by atoms with Crippen LogP contribution < -0.4 is 14.8 Å².